The largest absolute Gasteiger partial charge is 0.369 e. The van der Waals surface area contributed by atoms with Gasteiger partial charge in [0.2, 0.25) is 5.91 Å². The van der Waals surface area contributed by atoms with E-state index >= 15 is 0 Å². The maximum Gasteiger partial charge on any atom is 0.223 e. The Balaban J connectivity index is 2.02. The van der Waals surface area contributed by atoms with Crippen molar-refractivity contribution in [3.05, 3.63) is 35.9 Å². The summed E-state index contributed by atoms with van der Waals surface area (Å²) < 4.78 is 0. The zero-order valence-electron chi connectivity index (χ0n) is 9.54. The zero-order valence-corrected chi connectivity index (χ0v) is 9.54. The van der Waals surface area contributed by atoms with Crippen LogP contribution < -0.4 is 5.73 Å². The lowest BCUT2D eigenvalue weighted by atomic mass is 9.97. The average Bonchev–Trinajstić information content (AvgIpc) is 2.73. The molecule has 1 fully saturated rings. The van der Waals surface area contributed by atoms with Gasteiger partial charge in [0.1, 0.15) is 0 Å². The smallest absolute Gasteiger partial charge is 0.223 e. The molecule has 2 N–H and O–H groups in total. The molecule has 1 aliphatic heterocycles. The number of hydrogen-bond acceptors (Lipinski definition) is 3. The predicted octanol–water partition coefficient (Wildman–Crippen LogP) is 0.743. The van der Waals surface area contributed by atoms with E-state index in [1.807, 2.05) is 30.3 Å². The van der Waals surface area contributed by atoms with Crippen LogP contribution in [0.1, 0.15) is 5.56 Å². The third kappa shape index (κ3) is 2.63. The summed E-state index contributed by atoms with van der Waals surface area (Å²) in [5.74, 6) is -0.966. The third-order valence-corrected chi connectivity index (χ3v) is 3.18. The number of carbonyl (C=O) groups excluding carboxylic acids is 1. The number of rotatable bonds is 3. The van der Waals surface area contributed by atoms with Crippen molar-refractivity contribution in [2.24, 2.45) is 17.6 Å². The summed E-state index contributed by atoms with van der Waals surface area (Å²) in [6.07, 6.45) is 0. The Labute approximate surface area is 101 Å². The molecule has 1 aromatic carbocycles. The molecule has 1 aromatic rings. The van der Waals surface area contributed by atoms with Crippen LogP contribution in [0.2, 0.25) is 0 Å². The summed E-state index contributed by atoms with van der Waals surface area (Å²) >= 11 is 0. The van der Waals surface area contributed by atoms with E-state index in [1.54, 1.807) is 0 Å². The van der Waals surface area contributed by atoms with Gasteiger partial charge < -0.3 is 5.73 Å². The van der Waals surface area contributed by atoms with E-state index in [0.717, 1.165) is 6.54 Å². The van der Waals surface area contributed by atoms with Crippen LogP contribution in [0, 0.1) is 23.2 Å². The zero-order chi connectivity index (χ0) is 12.3. The van der Waals surface area contributed by atoms with E-state index in [0.29, 0.717) is 13.1 Å². The lowest BCUT2D eigenvalue weighted by Gasteiger charge is -2.14. The van der Waals surface area contributed by atoms with Crippen LogP contribution in [0.4, 0.5) is 0 Å². The fourth-order valence-electron chi connectivity index (χ4n) is 2.28. The van der Waals surface area contributed by atoms with Crippen molar-refractivity contribution in [3.8, 4) is 6.07 Å². The second-order valence-corrected chi connectivity index (χ2v) is 4.42. The second-order valence-electron chi connectivity index (χ2n) is 4.42. The number of nitrogens with two attached hydrogens (primary N) is 1. The summed E-state index contributed by atoms with van der Waals surface area (Å²) in [7, 11) is 0. The average molecular weight is 229 g/mol. The monoisotopic (exact) mass is 229 g/mol. The number of amides is 1. The van der Waals surface area contributed by atoms with Gasteiger partial charge in [0.15, 0.2) is 0 Å². The highest BCUT2D eigenvalue weighted by atomic mass is 16.1. The van der Waals surface area contributed by atoms with E-state index in [2.05, 4.69) is 11.0 Å². The first-order valence-corrected chi connectivity index (χ1v) is 5.66. The van der Waals surface area contributed by atoms with Gasteiger partial charge in [-0.1, -0.05) is 30.3 Å². The molecule has 0 aromatic heterocycles. The maximum atomic E-state index is 11.2. The number of carbonyl (C=O) groups is 1. The van der Waals surface area contributed by atoms with Crippen LogP contribution in [0.15, 0.2) is 30.3 Å². The fourth-order valence-corrected chi connectivity index (χ4v) is 2.28. The fraction of sp³-hybridized carbons (Fsp3) is 0.385. The van der Waals surface area contributed by atoms with E-state index in [1.165, 1.54) is 5.56 Å². The SMILES string of the molecule is N#C[C@H]1CN(Cc2ccccc2)C[C@H]1C(N)=O. The molecule has 17 heavy (non-hydrogen) atoms. The number of likely N-dealkylation sites (tertiary alicyclic amines) is 1. The van der Waals surface area contributed by atoms with Crippen molar-refractivity contribution in [1.82, 2.24) is 4.90 Å². The Morgan fingerprint density at radius 3 is 2.65 bits per heavy atom. The van der Waals surface area contributed by atoms with Gasteiger partial charge in [0.25, 0.3) is 0 Å². The summed E-state index contributed by atoms with van der Waals surface area (Å²) in [6, 6.07) is 12.2. The summed E-state index contributed by atoms with van der Waals surface area (Å²) in [4.78, 5) is 13.3. The Morgan fingerprint density at radius 1 is 1.41 bits per heavy atom. The Kier molecular flexibility index (Phi) is 3.40. The van der Waals surface area contributed by atoms with Crippen molar-refractivity contribution < 1.29 is 4.79 Å². The minimum atomic E-state index is -0.368. The number of nitrogens with zero attached hydrogens (tertiary/aromatic N) is 2. The van der Waals surface area contributed by atoms with Crippen LogP contribution in [0.5, 0.6) is 0 Å². The lowest BCUT2D eigenvalue weighted by molar-refractivity contribution is -0.122. The molecule has 1 amide bonds. The summed E-state index contributed by atoms with van der Waals surface area (Å²) in [5, 5.41) is 8.98. The standard InChI is InChI=1S/C13H15N3O/c14-6-11-8-16(9-12(11)13(15)17)7-10-4-2-1-3-5-10/h1-5,11-12H,7-9H2,(H2,15,17)/t11-,12+/m0/s1. The lowest BCUT2D eigenvalue weighted by Crippen LogP contribution is -2.29. The molecule has 2 atom stereocenters. The van der Waals surface area contributed by atoms with Gasteiger partial charge in [0, 0.05) is 19.6 Å². The highest BCUT2D eigenvalue weighted by Crippen LogP contribution is 2.24. The quantitative estimate of drug-likeness (QED) is 0.831. The molecular formula is C13H15N3O. The first kappa shape index (κ1) is 11.6. The first-order chi connectivity index (χ1) is 8.20. The van der Waals surface area contributed by atoms with Crippen LogP contribution in [0.25, 0.3) is 0 Å². The highest BCUT2D eigenvalue weighted by Gasteiger charge is 2.36. The van der Waals surface area contributed by atoms with Gasteiger partial charge in [-0.05, 0) is 5.56 Å². The molecular weight excluding hydrogens is 214 g/mol. The summed E-state index contributed by atoms with van der Waals surface area (Å²) in [6.45, 7) is 1.98. The van der Waals surface area contributed by atoms with Crippen LogP contribution in [0.3, 0.4) is 0 Å². The van der Waals surface area contributed by atoms with E-state index in [9.17, 15) is 4.79 Å². The highest BCUT2D eigenvalue weighted by molar-refractivity contribution is 5.78. The van der Waals surface area contributed by atoms with Gasteiger partial charge >= 0.3 is 0 Å². The predicted molar refractivity (Wildman–Crippen MR) is 63.5 cm³/mol. The number of hydrogen-bond donors (Lipinski definition) is 1. The molecule has 1 saturated heterocycles. The van der Waals surface area contributed by atoms with Crippen LogP contribution in [-0.4, -0.2) is 23.9 Å². The van der Waals surface area contributed by atoms with E-state index in [4.69, 9.17) is 11.0 Å². The van der Waals surface area contributed by atoms with Crippen LogP contribution in [-0.2, 0) is 11.3 Å². The molecule has 0 spiro atoms. The topological polar surface area (TPSA) is 70.1 Å². The van der Waals surface area contributed by atoms with Crippen molar-refractivity contribution in [2.45, 2.75) is 6.54 Å². The van der Waals surface area contributed by atoms with Gasteiger partial charge in [-0.15, -0.1) is 0 Å². The van der Waals surface area contributed by atoms with Gasteiger partial charge in [-0.3, -0.25) is 9.69 Å². The minimum Gasteiger partial charge on any atom is -0.369 e. The second kappa shape index (κ2) is 4.98. The minimum absolute atomic E-state index is 0.267. The molecule has 88 valence electrons. The molecule has 0 aliphatic carbocycles. The molecule has 4 heteroatoms. The third-order valence-electron chi connectivity index (χ3n) is 3.18. The number of benzene rings is 1. The molecule has 0 unspecified atom stereocenters. The molecule has 0 radical (unpaired) electrons. The van der Waals surface area contributed by atoms with Crippen molar-refractivity contribution in [1.29, 1.82) is 5.26 Å². The first-order valence-electron chi connectivity index (χ1n) is 5.66. The molecule has 0 bridgehead atoms. The van der Waals surface area contributed by atoms with Crippen molar-refractivity contribution in [2.75, 3.05) is 13.1 Å². The van der Waals surface area contributed by atoms with E-state index in [-0.39, 0.29) is 17.7 Å². The van der Waals surface area contributed by atoms with E-state index < -0.39 is 0 Å². The van der Waals surface area contributed by atoms with Gasteiger partial charge in [-0.25, -0.2) is 0 Å². The van der Waals surface area contributed by atoms with Gasteiger partial charge in [0.05, 0.1) is 17.9 Å². The Hall–Kier alpha value is -1.86. The number of primary amides is 1. The molecule has 0 saturated carbocycles. The van der Waals surface area contributed by atoms with Crippen molar-refractivity contribution >= 4 is 5.91 Å². The molecule has 4 nitrogen and oxygen atoms in total. The summed E-state index contributed by atoms with van der Waals surface area (Å²) in [5.41, 5.74) is 6.49. The maximum absolute atomic E-state index is 11.2. The van der Waals surface area contributed by atoms with Crippen molar-refractivity contribution in [3.63, 3.8) is 0 Å². The van der Waals surface area contributed by atoms with Crippen LogP contribution >= 0.6 is 0 Å². The van der Waals surface area contributed by atoms with Gasteiger partial charge in [-0.2, -0.15) is 5.26 Å². The Morgan fingerprint density at radius 2 is 2.12 bits per heavy atom. The molecule has 1 heterocycles. The Bertz CT molecular complexity index is 438. The molecule has 2 rings (SSSR count). The number of nitriles is 1. The normalized spacial score (nSPS) is 24.4. The molecule has 1 aliphatic rings.